The number of carbonyl (C=O) groups is 4. The highest BCUT2D eigenvalue weighted by molar-refractivity contribution is 7.47. The number of aliphatic hydroxyl groups is 1. The van der Waals surface area contributed by atoms with Crippen LogP contribution >= 0.6 is 15.6 Å². The van der Waals surface area contributed by atoms with Gasteiger partial charge in [-0.25, -0.2) is 9.13 Å². The Morgan fingerprint density at radius 1 is 0.278 bits per heavy atom. The van der Waals surface area contributed by atoms with Crippen LogP contribution in [0.25, 0.3) is 0 Å². The molecule has 3 N–H and O–H groups in total. The molecule has 0 aliphatic heterocycles. The summed E-state index contributed by atoms with van der Waals surface area (Å²) in [4.78, 5) is 72.9. The molecule has 576 valence electrons. The van der Waals surface area contributed by atoms with Crippen molar-refractivity contribution in [2.24, 2.45) is 5.92 Å². The Balaban J connectivity index is 5.24. The summed E-state index contributed by atoms with van der Waals surface area (Å²) in [5.74, 6) is -1.38. The van der Waals surface area contributed by atoms with Gasteiger partial charge in [-0.1, -0.05) is 362 Å². The first-order valence-electron chi connectivity index (χ1n) is 40.6. The third kappa shape index (κ3) is 72.2. The molecule has 0 aromatic carbocycles. The molecule has 0 heterocycles. The molecule has 0 rings (SSSR count). The Hall–Kier alpha value is -1.94. The van der Waals surface area contributed by atoms with E-state index < -0.39 is 97.5 Å². The molecule has 0 aliphatic rings. The minimum absolute atomic E-state index is 0.107. The summed E-state index contributed by atoms with van der Waals surface area (Å²) in [5, 5.41) is 10.6. The van der Waals surface area contributed by atoms with E-state index in [1.807, 2.05) is 0 Å². The second-order valence-corrected chi connectivity index (χ2v) is 31.5. The third-order valence-electron chi connectivity index (χ3n) is 18.3. The molecular formula is C78H152O17P2. The lowest BCUT2D eigenvalue weighted by molar-refractivity contribution is -0.161. The third-order valence-corrected chi connectivity index (χ3v) is 20.2. The number of hydrogen-bond donors (Lipinski definition) is 3. The zero-order valence-electron chi connectivity index (χ0n) is 63.2. The quantitative estimate of drug-likeness (QED) is 0.0222. The van der Waals surface area contributed by atoms with E-state index in [9.17, 15) is 43.2 Å². The first kappa shape index (κ1) is 95.1. The first-order valence-corrected chi connectivity index (χ1v) is 43.6. The second kappa shape index (κ2) is 71.1. The van der Waals surface area contributed by atoms with Crippen molar-refractivity contribution >= 4 is 39.5 Å². The molecule has 17 nitrogen and oxygen atoms in total. The van der Waals surface area contributed by atoms with Crippen LogP contribution in [0.15, 0.2) is 0 Å². The van der Waals surface area contributed by atoms with E-state index in [4.69, 9.17) is 37.0 Å². The van der Waals surface area contributed by atoms with E-state index in [1.165, 1.54) is 238 Å². The van der Waals surface area contributed by atoms with Gasteiger partial charge in [0.2, 0.25) is 0 Å². The molecule has 5 atom stereocenters. The molecule has 0 saturated heterocycles. The predicted molar refractivity (Wildman–Crippen MR) is 395 cm³/mol. The predicted octanol–water partition coefficient (Wildman–Crippen LogP) is 23.3. The van der Waals surface area contributed by atoms with Crippen molar-refractivity contribution in [3.05, 3.63) is 0 Å². The molecule has 0 fully saturated rings. The van der Waals surface area contributed by atoms with E-state index in [0.29, 0.717) is 25.7 Å². The number of aliphatic hydroxyl groups excluding tert-OH is 1. The number of carbonyl (C=O) groups excluding carboxylic acids is 4. The highest BCUT2D eigenvalue weighted by atomic mass is 31.2. The zero-order chi connectivity index (χ0) is 71.2. The molecule has 0 aliphatic carbocycles. The van der Waals surface area contributed by atoms with E-state index in [0.717, 1.165) is 95.8 Å². The van der Waals surface area contributed by atoms with Gasteiger partial charge in [0.15, 0.2) is 12.2 Å². The summed E-state index contributed by atoms with van der Waals surface area (Å²) >= 11 is 0. The Morgan fingerprint density at radius 3 is 0.701 bits per heavy atom. The van der Waals surface area contributed by atoms with Crippen LogP contribution in [-0.4, -0.2) is 96.7 Å². The highest BCUT2D eigenvalue weighted by Crippen LogP contribution is 2.45. The number of rotatable bonds is 78. The number of ether oxygens (including phenoxy) is 4. The van der Waals surface area contributed by atoms with Crippen LogP contribution in [0.5, 0.6) is 0 Å². The van der Waals surface area contributed by atoms with Crippen molar-refractivity contribution in [1.82, 2.24) is 0 Å². The maximum atomic E-state index is 13.1. The van der Waals surface area contributed by atoms with Gasteiger partial charge in [0.1, 0.15) is 19.3 Å². The smallest absolute Gasteiger partial charge is 0.462 e. The van der Waals surface area contributed by atoms with Crippen LogP contribution in [0.1, 0.15) is 413 Å². The summed E-state index contributed by atoms with van der Waals surface area (Å²) in [6.07, 6.45) is 61.0. The summed E-state index contributed by atoms with van der Waals surface area (Å²) in [7, 11) is -9.91. The van der Waals surface area contributed by atoms with Gasteiger partial charge in [-0.2, -0.15) is 0 Å². The lowest BCUT2D eigenvalue weighted by Gasteiger charge is -2.21. The second-order valence-electron chi connectivity index (χ2n) is 28.6. The fourth-order valence-electron chi connectivity index (χ4n) is 12.1. The topological polar surface area (TPSA) is 237 Å². The summed E-state index contributed by atoms with van der Waals surface area (Å²) < 4.78 is 68.6. The normalized spacial score (nSPS) is 13.9. The number of esters is 4. The standard InChI is InChI=1S/C78H152O17P2/c1-6-9-12-15-18-21-24-27-29-31-33-35-38-40-46-51-56-61-75(80)88-67-73(94-78(83)64-59-54-49-42-39-36-34-32-30-28-25-22-19-16-13-10-7-2)69-92-96(84,85)90-65-72(79)66-91-97(86,87)93-70-74(68-89-76(81)62-57-52-47-44-43-45-50-55-60-71(4)5)95-77(82)63-58-53-48-41-37-26-23-20-17-14-11-8-3/h71-74,79H,6-70H2,1-5H3,(H,84,85)(H,86,87)/t72-,73-,74-/m1/s1. The van der Waals surface area contributed by atoms with E-state index in [1.54, 1.807) is 0 Å². The molecule has 0 bridgehead atoms. The molecule has 0 amide bonds. The average Bonchev–Trinajstić information content (AvgIpc) is 1.45. The maximum Gasteiger partial charge on any atom is 0.472 e. The molecule has 19 heteroatoms. The number of phosphoric ester groups is 2. The van der Waals surface area contributed by atoms with E-state index >= 15 is 0 Å². The van der Waals surface area contributed by atoms with Crippen LogP contribution < -0.4 is 0 Å². The summed E-state index contributed by atoms with van der Waals surface area (Å²) in [5.41, 5.74) is 0. The molecular weight excluding hydrogens is 1270 g/mol. The van der Waals surface area contributed by atoms with Crippen molar-refractivity contribution in [3.8, 4) is 0 Å². The van der Waals surface area contributed by atoms with Crippen molar-refractivity contribution in [1.29, 1.82) is 0 Å². The minimum Gasteiger partial charge on any atom is -0.462 e. The molecule has 97 heavy (non-hydrogen) atoms. The maximum absolute atomic E-state index is 13.1. The van der Waals surface area contributed by atoms with Crippen molar-refractivity contribution in [3.63, 3.8) is 0 Å². The van der Waals surface area contributed by atoms with Gasteiger partial charge in [-0.3, -0.25) is 37.3 Å². The van der Waals surface area contributed by atoms with Gasteiger partial charge >= 0.3 is 39.5 Å². The van der Waals surface area contributed by atoms with Gasteiger partial charge in [-0.05, 0) is 31.6 Å². The van der Waals surface area contributed by atoms with E-state index in [2.05, 4.69) is 34.6 Å². The fraction of sp³-hybridized carbons (Fsp3) is 0.949. The van der Waals surface area contributed by atoms with Crippen molar-refractivity contribution in [2.75, 3.05) is 39.6 Å². The Bertz CT molecular complexity index is 1860. The molecule has 0 saturated carbocycles. The molecule has 0 aromatic heterocycles. The van der Waals surface area contributed by atoms with Gasteiger partial charge in [0.25, 0.3) is 0 Å². The Kier molecular flexibility index (Phi) is 69.6. The first-order chi connectivity index (χ1) is 47.0. The fourth-order valence-corrected chi connectivity index (χ4v) is 13.6. The lowest BCUT2D eigenvalue weighted by Crippen LogP contribution is -2.30. The van der Waals surface area contributed by atoms with Crippen molar-refractivity contribution in [2.45, 2.75) is 432 Å². The van der Waals surface area contributed by atoms with Crippen LogP contribution in [0.4, 0.5) is 0 Å². The monoisotopic (exact) mass is 1420 g/mol. The lowest BCUT2D eigenvalue weighted by atomic mass is 10.0. The molecule has 0 aromatic rings. The summed E-state index contributed by atoms with van der Waals surface area (Å²) in [6, 6.07) is 0. The van der Waals surface area contributed by atoms with Crippen molar-refractivity contribution < 1.29 is 80.2 Å². The molecule has 2 unspecified atom stereocenters. The minimum atomic E-state index is -4.96. The SMILES string of the molecule is CCCCCCCCCCCCCCCCCCCC(=O)OC[C@H](COP(=O)(O)OC[C@@H](O)COP(=O)(O)OC[C@@H](COC(=O)CCCCCCCCCCC(C)C)OC(=O)CCCCCCCCCCCCCC)OC(=O)CCCCCCCCCCCCCCCCCCC. The summed E-state index contributed by atoms with van der Waals surface area (Å²) in [6.45, 7) is 7.28. The number of phosphoric acid groups is 2. The molecule has 0 spiro atoms. The van der Waals surface area contributed by atoms with Gasteiger partial charge in [0.05, 0.1) is 26.4 Å². The van der Waals surface area contributed by atoms with Gasteiger partial charge < -0.3 is 33.8 Å². The van der Waals surface area contributed by atoms with Gasteiger partial charge in [-0.15, -0.1) is 0 Å². The van der Waals surface area contributed by atoms with Crippen LogP contribution in [0, 0.1) is 5.92 Å². The van der Waals surface area contributed by atoms with E-state index in [-0.39, 0.29) is 25.7 Å². The Labute approximate surface area is 594 Å². The van der Waals surface area contributed by atoms with Gasteiger partial charge in [0, 0.05) is 25.7 Å². The molecule has 0 radical (unpaired) electrons. The zero-order valence-corrected chi connectivity index (χ0v) is 65.0. The van der Waals surface area contributed by atoms with Crippen LogP contribution in [0.2, 0.25) is 0 Å². The average molecular weight is 1420 g/mol. The largest absolute Gasteiger partial charge is 0.472 e. The Morgan fingerprint density at radius 2 is 0.474 bits per heavy atom. The van der Waals surface area contributed by atoms with Crippen LogP contribution in [0.3, 0.4) is 0 Å². The number of hydrogen-bond acceptors (Lipinski definition) is 15. The van der Waals surface area contributed by atoms with Crippen LogP contribution in [-0.2, 0) is 65.4 Å². The number of unbranched alkanes of at least 4 members (excludes halogenated alkanes) is 50. The highest BCUT2D eigenvalue weighted by Gasteiger charge is 2.30.